The molecule has 0 aliphatic rings. The Balaban J connectivity index is 2.46. The highest BCUT2D eigenvalue weighted by Gasteiger charge is 2.07. The molecule has 5 heteroatoms. The molecule has 0 aliphatic carbocycles. The van der Waals surface area contributed by atoms with Crippen LogP contribution in [-0.2, 0) is 0 Å². The minimum Gasteiger partial charge on any atom is -0.370 e. The van der Waals surface area contributed by atoms with Crippen molar-refractivity contribution in [3.63, 3.8) is 0 Å². The minimum absolute atomic E-state index is 0.526. The van der Waals surface area contributed by atoms with Crippen LogP contribution in [0, 0.1) is 18.6 Å². The van der Waals surface area contributed by atoms with Gasteiger partial charge in [0.05, 0.1) is 5.69 Å². The van der Waals surface area contributed by atoms with E-state index in [1.165, 1.54) is 6.07 Å². The third-order valence-corrected chi connectivity index (χ3v) is 2.41. The lowest BCUT2D eigenvalue weighted by atomic mass is 10.1. The molecule has 0 aliphatic heterocycles. The van der Waals surface area contributed by atoms with E-state index in [9.17, 15) is 8.78 Å². The Labute approximate surface area is 104 Å². The van der Waals surface area contributed by atoms with E-state index in [0.717, 1.165) is 18.7 Å². The van der Waals surface area contributed by atoms with Gasteiger partial charge in [-0.2, -0.15) is 0 Å². The second kappa shape index (κ2) is 5.08. The molecule has 0 atom stereocenters. The van der Waals surface area contributed by atoms with Gasteiger partial charge in [-0.15, -0.1) is 0 Å². The number of halogens is 2. The molecule has 1 aromatic carbocycles. The lowest BCUT2D eigenvalue weighted by Gasteiger charge is -2.07. The monoisotopic (exact) mass is 249 g/mol. The molecule has 0 unspecified atom stereocenters. The van der Waals surface area contributed by atoms with E-state index in [0.29, 0.717) is 22.9 Å². The summed E-state index contributed by atoms with van der Waals surface area (Å²) in [5.41, 5.74) is 1.09. The van der Waals surface area contributed by atoms with Crippen LogP contribution in [0.5, 0.6) is 0 Å². The summed E-state index contributed by atoms with van der Waals surface area (Å²) in [4.78, 5) is 8.42. The molecule has 0 bridgehead atoms. The standard InChI is InChI=1S/C13H13F2N3/c1-3-16-13-7-12(17-8(2)18-13)9-4-5-10(14)11(15)6-9/h4-7H,3H2,1-2H3,(H,16,17,18). The molecule has 0 spiro atoms. The molecule has 1 N–H and O–H groups in total. The fraction of sp³-hybridized carbons (Fsp3) is 0.231. The number of benzene rings is 1. The van der Waals surface area contributed by atoms with E-state index < -0.39 is 11.6 Å². The van der Waals surface area contributed by atoms with Crippen molar-refractivity contribution < 1.29 is 8.78 Å². The molecule has 18 heavy (non-hydrogen) atoms. The van der Waals surface area contributed by atoms with Gasteiger partial charge in [0.15, 0.2) is 11.6 Å². The van der Waals surface area contributed by atoms with E-state index in [4.69, 9.17) is 0 Å². The predicted molar refractivity (Wildman–Crippen MR) is 66.3 cm³/mol. The zero-order valence-corrected chi connectivity index (χ0v) is 10.2. The van der Waals surface area contributed by atoms with Crippen LogP contribution in [-0.4, -0.2) is 16.5 Å². The second-order valence-electron chi connectivity index (χ2n) is 3.84. The maximum atomic E-state index is 13.2. The lowest BCUT2D eigenvalue weighted by Crippen LogP contribution is -2.02. The van der Waals surface area contributed by atoms with Gasteiger partial charge in [0.2, 0.25) is 0 Å². The summed E-state index contributed by atoms with van der Waals surface area (Å²) in [6, 6.07) is 5.43. The van der Waals surface area contributed by atoms with E-state index in [2.05, 4.69) is 15.3 Å². The van der Waals surface area contributed by atoms with Crippen molar-refractivity contribution >= 4 is 5.82 Å². The van der Waals surface area contributed by atoms with Gasteiger partial charge in [-0.3, -0.25) is 0 Å². The Morgan fingerprint density at radius 3 is 2.56 bits per heavy atom. The molecular formula is C13H13F2N3. The molecule has 3 nitrogen and oxygen atoms in total. The van der Waals surface area contributed by atoms with Gasteiger partial charge in [-0.25, -0.2) is 18.7 Å². The van der Waals surface area contributed by atoms with E-state index >= 15 is 0 Å². The van der Waals surface area contributed by atoms with Crippen LogP contribution in [0.4, 0.5) is 14.6 Å². The first-order valence-corrected chi connectivity index (χ1v) is 5.65. The van der Waals surface area contributed by atoms with Crippen molar-refractivity contribution in [3.05, 3.63) is 41.7 Å². The highest BCUT2D eigenvalue weighted by Crippen LogP contribution is 2.21. The third-order valence-electron chi connectivity index (χ3n) is 2.41. The number of anilines is 1. The van der Waals surface area contributed by atoms with E-state index in [1.54, 1.807) is 13.0 Å². The molecule has 0 saturated carbocycles. The summed E-state index contributed by atoms with van der Waals surface area (Å²) in [5, 5.41) is 3.07. The smallest absolute Gasteiger partial charge is 0.159 e. The Bertz CT molecular complexity index is 570. The first-order chi connectivity index (χ1) is 8.60. The Morgan fingerprint density at radius 2 is 1.89 bits per heavy atom. The van der Waals surface area contributed by atoms with Crippen LogP contribution in [0.2, 0.25) is 0 Å². The average molecular weight is 249 g/mol. The van der Waals surface area contributed by atoms with Crippen LogP contribution in [0.3, 0.4) is 0 Å². The molecule has 0 fully saturated rings. The molecule has 94 valence electrons. The number of hydrogen-bond donors (Lipinski definition) is 1. The molecule has 1 aromatic heterocycles. The van der Waals surface area contributed by atoms with Gasteiger partial charge in [0.1, 0.15) is 11.6 Å². The van der Waals surface area contributed by atoms with Gasteiger partial charge in [-0.05, 0) is 32.0 Å². The first kappa shape index (κ1) is 12.4. The van der Waals surface area contributed by atoms with Crippen molar-refractivity contribution in [2.75, 3.05) is 11.9 Å². The number of rotatable bonds is 3. The van der Waals surface area contributed by atoms with Gasteiger partial charge in [0.25, 0.3) is 0 Å². The van der Waals surface area contributed by atoms with Crippen LogP contribution < -0.4 is 5.32 Å². The van der Waals surface area contributed by atoms with Crippen LogP contribution in [0.25, 0.3) is 11.3 Å². The van der Waals surface area contributed by atoms with Crippen molar-refractivity contribution in [1.29, 1.82) is 0 Å². The van der Waals surface area contributed by atoms with Crippen molar-refractivity contribution in [2.24, 2.45) is 0 Å². The predicted octanol–water partition coefficient (Wildman–Crippen LogP) is 3.16. The van der Waals surface area contributed by atoms with Crippen molar-refractivity contribution in [3.8, 4) is 11.3 Å². The first-order valence-electron chi connectivity index (χ1n) is 5.65. The lowest BCUT2D eigenvalue weighted by molar-refractivity contribution is 0.509. The number of nitrogens with zero attached hydrogens (tertiary/aromatic N) is 2. The highest BCUT2D eigenvalue weighted by atomic mass is 19.2. The zero-order valence-electron chi connectivity index (χ0n) is 10.2. The zero-order chi connectivity index (χ0) is 13.1. The second-order valence-corrected chi connectivity index (χ2v) is 3.84. The molecule has 1 heterocycles. The van der Waals surface area contributed by atoms with Gasteiger partial charge < -0.3 is 5.32 Å². The Kier molecular flexibility index (Phi) is 3.50. The minimum atomic E-state index is -0.881. The largest absolute Gasteiger partial charge is 0.370 e. The van der Waals surface area contributed by atoms with Crippen LogP contribution in [0.15, 0.2) is 24.3 Å². The maximum Gasteiger partial charge on any atom is 0.159 e. The van der Waals surface area contributed by atoms with Gasteiger partial charge >= 0.3 is 0 Å². The average Bonchev–Trinajstić information content (AvgIpc) is 2.32. The number of nitrogens with one attached hydrogen (secondary N) is 1. The molecule has 0 radical (unpaired) electrons. The molecule has 2 aromatic rings. The number of aromatic nitrogens is 2. The normalized spacial score (nSPS) is 10.4. The summed E-state index contributed by atoms with van der Waals surface area (Å²) >= 11 is 0. The maximum absolute atomic E-state index is 13.2. The van der Waals surface area contributed by atoms with Crippen LogP contribution >= 0.6 is 0 Å². The summed E-state index contributed by atoms with van der Waals surface area (Å²) in [5.74, 6) is -0.497. The molecule has 0 amide bonds. The summed E-state index contributed by atoms with van der Waals surface area (Å²) in [7, 11) is 0. The Hall–Kier alpha value is -2.04. The van der Waals surface area contributed by atoms with Gasteiger partial charge in [-0.1, -0.05) is 0 Å². The molecule has 2 rings (SSSR count). The van der Waals surface area contributed by atoms with Crippen LogP contribution in [0.1, 0.15) is 12.7 Å². The fourth-order valence-electron chi connectivity index (χ4n) is 1.64. The van der Waals surface area contributed by atoms with Crippen molar-refractivity contribution in [2.45, 2.75) is 13.8 Å². The van der Waals surface area contributed by atoms with Crippen molar-refractivity contribution in [1.82, 2.24) is 9.97 Å². The Morgan fingerprint density at radius 1 is 1.11 bits per heavy atom. The summed E-state index contributed by atoms with van der Waals surface area (Å²) < 4.78 is 26.1. The van der Waals surface area contributed by atoms with E-state index in [1.807, 2.05) is 6.92 Å². The van der Waals surface area contributed by atoms with Gasteiger partial charge in [0, 0.05) is 18.2 Å². The topological polar surface area (TPSA) is 37.8 Å². The number of aryl methyl sites for hydroxylation is 1. The summed E-state index contributed by atoms with van der Waals surface area (Å²) in [6.45, 7) is 4.44. The quantitative estimate of drug-likeness (QED) is 0.908. The molecule has 0 saturated heterocycles. The molecular weight excluding hydrogens is 236 g/mol. The van der Waals surface area contributed by atoms with E-state index in [-0.39, 0.29) is 0 Å². The number of hydrogen-bond acceptors (Lipinski definition) is 3. The highest BCUT2D eigenvalue weighted by molar-refractivity contribution is 5.62. The third kappa shape index (κ3) is 2.61. The fourth-order valence-corrected chi connectivity index (χ4v) is 1.64. The SMILES string of the molecule is CCNc1cc(-c2ccc(F)c(F)c2)nc(C)n1. The summed E-state index contributed by atoms with van der Waals surface area (Å²) in [6.07, 6.45) is 0.